The highest BCUT2D eigenvalue weighted by molar-refractivity contribution is 7.14. The van der Waals surface area contributed by atoms with E-state index in [4.69, 9.17) is 11.6 Å². The number of hydrogen-bond acceptors (Lipinski definition) is 3. The van der Waals surface area contributed by atoms with Crippen molar-refractivity contribution in [3.05, 3.63) is 37.8 Å². The fourth-order valence-electron chi connectivity index (χ4n) is 2.58. The molecule has 2 heterocycles. The highest BCUT2D eigenvalue weighted by Gasteiger charge is 2.21. The van der Waals surface area contributed by atoms with E-state index in [9.17, 15) is 4.79 Å². The quantitative estimate of drug-likeness (QED) is 0.814. The summed E-state index contributed by atoms with van der Waals surface area (Å²) < 4.78 is 1.71. The third kappa shape index (κ3) is 2.23. The summed E-state index contributed by atoms with van der Waals surface area (Å²) in [5.74, 6) is 0.143. The fourth-order valence-corrected chi connectivity index (χ4v) is 4.00. The molecule has 5 heteroatoms. The molecule has 100 valence electrons. The van der Waals surface area contributed by atoms with Crippen LogP contribution in [0.5, 0.6) is 0 Å². The maximum Gasteiger partial charge on any atom is 0.178 e. The summed E-state index contributed by atoms with van der Waals surface area (Å²) in [6.07, 6.45) is 3.79. The average Bonchev–Trinajstić information content (AvgIpc) is 2.99. The second kappa shape index (κ2) is 4.76. The van der Waals surface area contributed by atoms with Crippen LogP contribution in [0.4, 0.5) is 0 Å². The molecule has 0 amide bonds. The molecule has 2 aromatic rings. The third-order valence-electron chi connectivity index (χ3n) is 3.61. The number of carbonyl (C=O) groups excluding carboxylic acids is 1. The van der Waals surface area contributed by atoms with E-state index in [2.05, 4.69) is 11.2 Å². The molecule has 0 radical (unpaired) electrons. The molecule has 0 saturated carbocycles. The van der Waals surface area contributed by atoms with Gasteiger partial charge in [-0.3, -0.25) is 9.48 Å². The van der Waals surface area contributed by atoms with E-state index >= 15 is 0 Å². The van der Waals surface area contributed by atoms with Crippen LogP contribution in [0.2, 0.25) is 5.02 Å². The summed E-state index contributed by atoms with van der Waals surface area (Å²) in [5, 5.41) is 4.85. The number of fused-ring (bicyclic) bond motifs is 1. The molecule has 0 aromatic carbocycles. The third-order valence-corrected chi connectivity index (χ3v) is 5.38. The van der Waals surface area contributed by atoms with Gasteiger partial charge in [-0.15, -0.1) is 11.3 Å². The molecule has 2 aromatic heterocycles. The van der Waals surface area contributed by atoms with Crippen LogP contribution >= 0.6 is 22.9 Å². The van der Waals surface area contributed by atoms with Crippen LogP contribution < -0.4 is 0 Å². The Bertz CT molecular complexity index is 635. The Kier molecular flexibility index (Phi) is 3.23. The predicted octanol–water partition coefficient (Wildman–Crippen LogP) is 3.36. The largest absolute Gasteiger partial charge is 0.293 e. The van der Waals surface area contributed by atoms with Crippen LogP contribution in [0.15, 0.2) is 6.07 Å². The van der Waals surface area contributed by atoms with Gasteiger partial charge in [0, 0.05) is 11.9 Å². The number of thiophene rings is 1. The van der Waals surface area contributed by atoms with Crippen molar-refractivity contribution in [2.45, 2.75) is 32.6 Å². The smallest absolute Gasteiger partial charge is 0.178 e. The van der Waals surface area contributed by atoms with E-state index in [1.807, 2.05) is 14.0 Å². The molecule has 0 N–H and O–H groups in total. The fraction of sp³-hybridized carbons (Fsp3) is 0.429. The van der Waals surface area contributed by atoms with Crippen molar-refractivity contribution in [3.8, 4) is 0 Å². The highest BCUT2D eigenvalue weighted by Crippen LogP contribution is 2.31. The maximum atomic E-state index is 12.3. The summed E-state index contributed by atoms with van der Waals surface area (Å²) in [6.45, 7) is 1.86. The molecular weight excluding hydrogens is 280 g/mol. The van der Waals surface area contributed by atoms with Gasteiger partial charge in [-0.25, -0.2) is 0 Å². The van der Waals surface area contributed by atoms with Gasteiger partial charge < -0.3 is 0 Å². The first-order valence-electron chi connectivity index (χ1n) is 6.39. The number of ketones is 1. The van der Waals surface area contributed by atoms with E-state index in [-0.39, 0.29) is 5.78 Å². The first-order chi connectivity index (χ1) is 9.06. The lowest BCUT2D eigenvalue weighted by Crippen LogP contribution is -2.07. The van der Waals surface area contributed by atoms with Crippen LogP contribution in [-0.4, -0.2) is 15.6 Å². The minimum absolute atomic E-state index is 0.143. The molecule has 1 aliphatic carbocycles. The number of carbonyl (C=O) groups is 1. The monoisotopic (exact) mass is 294 g/mol. The van der Waals surface area contributed by atoms with Crippen molar-refractivity contribution in [2.75, 3.05) is 0 Å². The summed E-state index contributed by atoms with van der Waals surface area (Å²) in [6, 6.07) is 2.06. The molecule has 3 nitrogen and oxygen atoms in total. The molecule has 0 fully saturated rings. The molecule has 0 spiro atoms. The summed E-state index contributed by atoms with van der Waals surface area (Å²) in [5.41, 5.74) is 2.94. The average molecular weight is 295 g/mol. The first-order valence-corrected chi connectivity index (χ1v) is 7.58. The Morgan fingerprint density at radius 3 is 2.95 bits per heavy atom. The van der Waals surface area contributed by atoms with Gasteiger partial charge in [0.05, 0.1) is 27.7 Å². The standard InChI is InChI=1S/C14H15ClN2OS/c1-8-14(15)10(17(2)16-8)7-11(18)13-6-9-4-3-5-12(9)19-13/h6H,3-5,7H2,1-2H3. The zero-order chi connectivity index (χ0) is 13.6. The van der Waals surface area contributed by atoms with E-state index in [1.165, 1.54) is 16.9 Å². The molecule has 0 atom stereocenters. The van der Waals surface area contributed by atoms with Crippen LogP contribution in [0.25, 0.3) is 0 Å². The van der Waals surface area contributed by atoms with Gasteiger partial charge in [-0.05, 0) is 37.8 Å². The van der Waals surface area contributed by atoms with E-state index in [0.29, 0.717) is 11.4 Å². The van der Waals surface area contributed by atoms with E-state index in [1.54, 1.807) is 16.0 Å². The lowest BCUT2D eigenvalue weighted by atomic mass is 10.1. The minimum Gasteiger partial charge on any atom is -0.293 e. The molecular formula is C14H15ClN2OS. The van der Waals surface area contributed by atoms with Crippen molar-refractivity contribution in [1.29, 1.82) is 0 Å². The number of rotatable bonds is 3. The normalized spacial score (nSPS) is 13.8. The zero-order valence-corrected chi connectivity index (χ0v) is 12.6. The highest BCUT2D eigenvalue weighted by atomic mass is 35.5. The molecule has 0 unspecified atom stereocenters. The van der Waals surface area contributed by atoms with Gasteiger partial charge in [-0.2, -0.15) is 5.10 Å². The lowest BCUT2D eigenvalue weighted by Gasteiger charge is -2.01. The number of hydrogen-bond donors (Lipinski definition) is 0. The van der Waals surface area contributed by atoms with Gasteiger partial charge >= 0.3 is 0 Å². The SMILES string of the molecule is Cc1nn(C)c(CC(=O)c2cc3c(s2)CCC3)c1Cl. The Balaban J connectivity index is 1.84. The summed E-state index contributed by atoms with van der Waals surface area (Å²) in [7, 11) is 1.83. The molecule has 3 rings (SSSR count). The van der Waals surface area contributed by atoms with Crippen LogP contribution in [0.3, 0.4) is 0 Å². The first kappa shape index (κ1) is 12.9. The van der Waals surface area contributed by atoms with Crippen molar-refractivity contribution in [2.24, 2.45) is 7.05 Å². The van der Waals surface area contributed by atoms with Crippen LogP contribution in [0.1, 0.15) is 37.9 Å². The van der Waals surface area contributed by atoms with Gasteiger partial charge in [0.15, 0.2) is 5.78 Å². The van der Waals surface area contributed by atoms with Gasteiger partial charge in [0.1, 0.15) is 0 Å². The van der Waals surface area contributed by atoms with Crippen molar-refractivity contribution in [3.63, 3.8) is 0 Å². The maximum absolute atomic E-state index is 12.3. The number of nitrogens with zero attached hydrogens (tertiary/aromatic N) is 2. The van der Waals surface area contributed by atoms with Crippen molar-refractivity contribution >= 4 is 28.7 Å². The Hall–Kier alpha value is -1.13. The molecule has 19 heavy (non-hydrogen) atoms. The minimum atomic E-state index is 0.143. The van der Waals surface area contributed by atoms with Gasteiger partial charge in [0.2, 0.25) is 0 Å². The van der Waals surface area contributed by atoms with E-state index < -0.39 is 0 Å². The number of aromatic nitrogens is 2. The summed E-state index contributed by atoms with van der Waals surface area (Å²) in [4.78, 5) is 14.6. The molecule has 0 saturated heterocycles. The van der Waals surface area contributed by atoms with E-state index in [0.717, 1.165) is 29.1 Å². The number of Topliss-reactive ketones (excluding diaryl/α,β-unsaturated/α-hetero) is 1. The molecule has 0 aliphatic heterocycles. The van der Waals surface area contributed by atoms with Gasteiger partial charge in [0.25, 0.3) is 0 Å². The Morgan fingerprint density at radius 1 is 1.53 bits per heavy atom. The van der Waals surface area contributed by atoms with Crippen LogP contribution in [-0.2, 0) is 26.3 Å². The molecule has 0 bridgehead atoms. The second-order valence-corrected chi connectivity index (χ2v) is 6.50. The predicted molar refractivity (Wildman–Crippen MR) is 77.3 cm³/mol. The topological polar surface area (TPSA) is 34.9 Å². The Morgan fingerprint density at radius 2 is 2.32 bits per heavy atom. The van der Waals surface area contributed by atoms with Gasteiger partial charge in [-0.1, -0.05) is 11.6 Å². The number of aryl methyl sites for hydroxylation is 4. The summed E-state index contributed by atoms with van der Waals surface area (Å²) >= 11 is 7.83. The van der Waals surface area contributed by atoms with Crippen LogP contribution in [0, 0.1) is 6.92 Å². The number of halogens is 1. The lowest BCUT2D eigenvalue weighted by molar-refractivity contribution is 0.0994. The zero-order valence-electron chi connectivity index (χ0n) is 11.0. The van der Waals surface area contributed by atoms with Crippen molar-refractivity contribution < 1.29 is 4.79 Å². The Labute approximate surface area is 121 Å². The van der Waals surface area contributed by atoms with Crippen molar-refractivity contribution in [1.82, 2.24) is 9.78 Å². The second-order valence-electron chi connectivity index (χ2n) is 4.98. The molecule has 1 aliphatic rings.